The minimum atomic E-state index is 0.415. The van der Waals surface area contributed by atoms with E-state index in [1.807, 2.05) is 42.7 Å². The summed E-state index contributed by atoms with van der Waals surface area (Å²) in [5.41, 5.74) is 3.22. The molecule has 0 aliphatic rings. The molecular weight excluding hydrogens is 382 g/mol. The Balaban J connectivity index is 1.92. The van der Waals surface area contributed by atoms with Crippen molar-refractivity contribution in [1.82, 2.24) is 19.1 Å². The van der Waals surface area contributed by atoms with Gasteiger partial charge in [0.05, 0.1) is 24.5 Å². The maximum absolute atomic E-state index is 8.63. The standard InChI is InChI=1S/C18H16BrN5O/c1-11-12(2)24(15-6-5-13(19)8-21-15)18-16(11)17(20)23(10-22-18)9-14-4-3-7-25-14/h3-8,10,20H,9H2,1-2H3. The topological polar surface area (TPSA) is 72.6 Å². The van der Waals surface area contributed by atoms with E-state index < -0.39 is 0 Å². The number of rotatable bonds is 3. The summed E-state index contributed by atoms with van der Waals surface area (Å²) in [5, 5.41) is 9.46. The molecule has 0 aliphatic heterocycles. The molecule has 4 aromatic heterocycles. The second kappa shape index (κ2) is 6.00. The van der Waals surface area contributed by atoms with Crippen molar-refractivity contribution in [1.29, 1.82) is 5.41 Å². The molecule has 0 fully saturated rings. The van der Waals surface area contributed by atoms with Crippen LogP contribution in [0.2, 0.25) is 0 Å². The van der Waals surface area contributed by atoms with Gasteiger partial charge in [-0.2, -0.15) is 0 Å². The van der Waals surface area contributed by atoms with E-state index in [9.17, 15) is 0 Å². The van der Waals surface area contributed by atoms with E-state index in [1.165, 1.54) is 0 Å². The molecule has 0 aliphatic carbocycles. The summed E-state index contributed by atoms with van der Waals surface area (Å²) in [7, 11) is 0. The van der Waals surface area contributed by atoms with Crippen molar-refractivity contribution >= 4 is 27.0 Å². The quantitative estimate of drug-likeness (QED) is 0.572. The van der Waals surface area contributed by atoms with Gasteiger partial charge in [-0.25, -0.2) is 9.97 Å². The summed E-state index contributed by atoms with van der Waals surface area (Å²) in [5.74, 6) is 1.58. The molecule has 0 radical (unpaired) electrons. The van der Waals surface area contributed by atoms with Crippen LogP contribution >= 0.6 is 15.9 Å². The number of nitrogens with one attached hydrogen (secondary N) is 1. The summed E-state index contributed by atoms with van der Waals surface area (Å²) in [6, 6.07) is 7.62. The first kappa shape index (κ1) is 15.8. The lowest BCUT2D eigenvalue weighted by Crippen LogP contribution is -2.21. The molecule has 0 atom stereocenters. The molecule has 4 aromatic rings. The first-order valence-electron chi connectivity index (χ1n) is 7.82. The number of halogens is 1. The lowest BCUT2D eigenvalue weighted by molar-refractivity contribution is 0.486. The smallest absolute Gasteiger partial charge is 0.151 e. The molecule has 4 heterocycles. The number of hydrogen-bond acceptors (Lipinski definition) is 4. The second-order valence-electron chi connectivity index (χ2n) is 5.88. The first-order chi connectivity index (χ1) is 12.1. The molecule has 4 rings (SSSR count). The second-order valence-corrected chi connectivity index (χ2v) is 6.80. The number of nitrogens with zero attached hydrogens (tertiary/aromatic N) is 4. The zero-order valence-electron chi connectivity index (χ0n) is 13.8. The fourth-order valence-corrected chi connectivity index (χ4v) is 3.22. The Morgan fingerprint density at radius 3 is 2.72 bits per heavy atom. The monoisotopic (exact) mass is 397 g/mol. The van der Waals surface area contributed by atoms with Crippen LogP contribution in [0.3, 0.4) is 0 Å². The van der Waals surface area contributed by atoms with Crippen LogP contribution in [-0.4, -0.2) is 19.1 Å². The number of aromatic nitrogens is 4. The lowest BCUT2D eigenvalue weighted by atomic mass is 10.2. The predicted molar refractivity (Wildman–Crippen MR) is 97.7 cm³/mol. The van der Waals surface area contributed by atoms with Gasteiger partial charge >= 0.3 is 0 Å². The summed E-state index contributed by atoms with van der Waals surface area (Å²) < 4.78 is 10.1. The third kappa shape index (κ3) is 2.60. The van der Waals surface area contributed by atoms with Crippen LogP contribution in [0, 0.1) is 19.3 Å². The number of hydrogen-bond donors (Lipinski definition) is 1. The number of fused-ring (bicyclic) bond motifs is 1. The van der Waals surface area contributed by atoms with Gasteiger partial charge in [-0.1, -0.05) is 0 Å². The number of pyridine rings is 1. The van der Waals surface area contributed by atoms with Crippen molar-refractivity contribution < 1.29 is 4.42 Å². The van der Waals surface area contributed by atoms with Crippen molar-refractivity contribution in [2.75, 3.05) is 0 Å². The summed E-state index contributed by atoms with van der Waals surface area (Å²) in [6.07, 6.45) is 5.08. The van der Waals surface area contributed by atoms with Crippen molar-refractivity contribution in [2.45, 2.75) is 20.4 Å². The zero-order valence-corrected chi connectivity index (χ0v) is 15.4. The van der Waals surface area contributed by atoms with Crippen molar-refractivity contribution in [3.8, 4) is 5.82 Å². The molecule has 0 saturated heterocycles. The van der Waals surface area contributed by atoms with Gasteiger partial charge in [0.15, 0.2) is 5.65 Å². The van der Waals surface area contributed by atoms with Crippen molar-refractivity contribution in [3.05, 3.63) is 70.0 Å². The van der Waals surface area contributed by atoms with Crippen LogP contribution < -0.4 is 5.49 Å². The molecule has 0 bridgehead atoms. The van der Waals surface area contributed by atoms with Gasteiger partial charge in [0.25, 0.3) is 0 Å². The van der Waals surface area contributed by atoms with E-state index >= 15 is 0 Å². The van der Waals surface area contributed by atoms with E-state index in [-0.39, 0.29) is 0 Å². The maximum atomic E-state index is 8.63. The van der Waals surface area contributed by atoms with Gasteiger partial charge in [0, 0.05) is 16.4 Å². The largest absolute Gasteiger partial charge is 0.467 e. The third-order valence-electron chi connectivity index (χ3n) is 4.38. The first-order valence-corrected chi connectivity index (χ1v) is 8.61. The van der Waals surface area contributed by atoms with Crippen LogP contribution in [0.1, 0.15) is 17.0 Å². The zero-order chi connectivity index (χ0) is 17.6. The molecule has 0 aromatic carbocycles. The minimum Gasteiger partial charge on any atom is -0.467 e. The summed E-state index contributed by atoms with van der Waals surface area (Å²) in [6.45, 7) is 4.52. The number of aryl methyl sites for hydroxylation is 1. The molecule has 0 amide bonds. The Morgan fingerprint density at radius 2 is 2.04 bits per heavy atom. The molecule has 6 nitrogen and oxygen atoms in total. The van der Waals surface area contributed by atoms with Crippen LogP contribution in [0.5, 0.6) is 0 Å². The summed E-state index contributed by atoms with van der Waals surface area (Å²) in [4.78, 5) is 9.09. The Hall–Kier alpha value is -2.67. The van der Waals surface area contributed by atoms with Crippen LogP contribution in [0.25, 0.3) is 16.9 Å². The van der Waals surface area contributed by atoms with Gasteiger partial charge in [-0.15, -0.1) is 0 Å². The fourth-order valence-electron chi connectivity index (χ4n) is 2.99. The van der Waals surface area contributed by atoms with E-state index in [0.717, 1.165) is 38.3 Å². The lowest BCUT2D eigenvalue weighted by Gasteiger charge is -2.08. The highest BCUT2D eigenvalue weighted by atomic mass is 79.9. The Labute approximate surface area is 152 Å². The fraction of sp³-hybridized carbons (Fsp3) is 0.167. The molecule has 0 spiro atoms. The molecule has 0 saturated carbocycles. The minimum absolute atomic E-state index is 0.415. The highest BCUT2D eigenvalue weighted by Crippen LogP contribution is 2.24. The third-order valence-corrected chi connectivity index (χ3v) is 4.85. The Bertz CT molecular complexity index is 1110. The molecule has 25 heavy (non-hydrogen) atoms. The highest BCUT2D eigenvalue weighted by molar-refractivity contribution is 9.10. The van der Waals surface area contributed by atoms with Gasteiger partial charge in [-0.05, 0) is 59.6 Å². The normalized spacial score (nSPS) is 11.3. The van der Waals surface area contributed by atoms with Crippen molar-refractivity contribution in [2.24, 2.45) is 0 Å². The van der Waals surface area contributed by atoms with Gasteiger partial charge < -0.3 is 8.98 Å². The number of furan rings is 1. The predicted octanol–water partition coefficient (Wildman–Crippen LogP) is 3.72. The highest BCUT2D eigenvalue weighted by Gasteiger charge is 2.17. The van der Waals surface area contributed by atoms with Crippen LogP contribution in [-0.2, 0) is 6.54 Å². The Kier molecular flexibility index (Phi) is 3.80. The maximum Gasteiger partial charge on any atom is 0.151 e. The summed E-state index contributed by atoms with van der Waals surface area (Å²) >= 11 is 3.41. The molecular formula is C18H16BrN5O. The molecule has 126 valence electrons. The molecule has 7 heteroatoms. The van der Waals surface area contributed by atoms with E-state index in [2.05, 4.69) is 25.9 Å². The SMILES string of the molecule is Cc1c(C)n(-c2ccc(Br)cn2)c2ncn(Cc3ccco3)c(=N)c12. The van der Waals surface area contributed by atoms with Crippen LogP contribution in [0.15, 0.2) is 51.9 Å². The average molecular weight is 398 g/mol. The van der Waals surface area contributed by atoms with Gasteiger partial charge in [0.2, 0.25) is 0 Å². The van der Waals surface area contributed by atoms with Crippen LogP contribution in [0.4, 0.5) is 0 Å². The van der Waals surface area contributed by atoms with Crippen molar-refractivity contribution in [3.63, 3.8) is 0 Å². The molecule has 1 N–H and O–H groups in total. The molecule has 0 unspecified atom stereocenters. The Morgan fingerprint density at radius 1 is 1.20 bits per heavy atom. The van der Waals surface area contributed by atoms with Gasteiger partial charge in [0.1, 0.15) is 17.1 Å². The average Bonchev–Trinajstić information content (AvgIpc) is 3.19. The van der Waals surface area contributed by atoms with E-state index in [4.69, 9.17) is 9.83 Å². The van der Waals surface area contributed by atoms with Gasteiger partial charge in [-0.3, -0.25) is 9.98 Å². The van der Waals surface area contributed by atoms with E-state index in [1.54, 1.807) is 23.4 Å². The van der Waals surface area contributed by atoms with E-state index in [0.29, 0.717) is 12.0 Å².